The normalized spacial score (nSPS) is 15.4. The van der Waals surface area contributed by atoms with E-state index in [0.29, 0.717) is 29.7 Å². The molecule has 0 radical (unpaired) electrons. The van der Waals surface area contributed by atoms with Crippen LogP contribution < -0.4 is 5.32 Å². The lowest BCUT2D eigenvalue weighted by Crippen LogP contribution is -2.35. The van der Waals surface area contributed by atoms with E-state index in [1.54, 1.807) is 28.6 Å². The number of hydrogen-bond donors (Lipinski definition) is 1. The zero-order chi connectivity index (χ0) is 20.1. The molecule has 1 aliphatic rings. The van der Waals surface area contributed by atoms with Gasteiger partial charge in [-0.05, 0) is 71.1 Å². The number of nitrogens with zero attached hydrogens (tertiary/aromatic N) is 1. The molecule has 3 rings (SSSR count). The van der Waals surface area contributed by atoms with Crippen molar-refractivity contribution < 1.29 is 17.6 Å². The van der Waals surface area contributed by atoms with Gasteiger partial charge in [-0.3, -0.25) is 4.79 Å². The second kappa shape index (κ2) is 9.15. The standard InChI is InChI=1S/C20H22BrFN2O3S/c21-18-14-16(22)7-10-19(18)23-20(25)11-6-15-4-8-17(9-5-15)28(26,27)24-12-2-1-3-13-24/h4-5,7-10,14H,1-3,6,11-13H2,(H,23,25). The van der Waals surface area contributed by atoms with Gasteiger partial charge in [-0.1, -0.05) is 18.6 Å². The summed E-state index contributed by atoms with van der Waals surface area (Å²) in [7, 11) is -3.44. The van der Waals surface area contributed by atoms with E-state index in [2.05, 4.69) is 21.2 Å². The van der Waals surface area contributed by atoms with Crippen molar-refractivity contribution in [1.82, 2.24) is 4.31 Å². The summed E-state index contributed by atoms with van der Waals surface area (Å²) in [5.74, 6) is -0.582. The summed E-state index contributed by atoms with van der Waals surface area (Å²) in [5.41, 5.74) is 1.39. The number of halogens is 2. The van der Waals surface area contributed by atoms with E-state index in [9.17, 15) is 17.6 Å². The van der Waals surface area contributed by atoms with Gasteiger partial charge in [0.25, 0.3) is 0 Å². The molecule has 0 spiro atoms. The molecule has 28 heavy (non-hydrogen) atoms. The fourth-order valence-electron chi connectivity index (χ4n) is 3.14. The number of carbonyl (C=O) groups excluding carboxylic acids is 1. The van der Waals surface area contributed by atoms with E-state index >= 15 is 0 Å². The monoisotopic (exact) mass is 468 g/mol. The van der Waals surface area contributed by atoms with Crippen molar-refractivity contribution in [2.75, 3.05) is 18.4 Å². The van der Waals surface area contributed by atoms with Gasteiger partial charge in [0.15, 0.2) is 0 Å². The highest BCUT2D eigenvalue weighted by atomic mass is 79.9. The highest BCUT2D eigenvalue weighted by Gasteiger charge is 2.25. The Morgan fingerprint density at radius 1 is 1.07 bits per heavy atom. The fraction of sp³-hybridized carbons (Fsp3) is 0.350. The molecule has 0 bridgehead atoms. The van der Waals surface area contributed by atoms with Crippen molar-refractivity contribution in [2.24, 2.45) is 0 Å². The second-order valence-electron chi connectivity index (χ2n) is 6.78. The lowest BCUT2D eigenvalue weighted by molar-refractivity contribution is -0.116. The van der Waals surface area contributed by atoms with E-state index in [0.717, 1.165) is 24.8 Å². The van der Waals surface area contributed by atoms with Crippen LogP contribution in [0, 0.1) is 5.82 Å². The molecule has 1 N–H and O–H groups in total. The van der Waals surface area contributed by atoms with Crippen LogP contribution >= 0.6 is 15.9 Å². The highest BCUT2D eigenvalue weighted by Crippen LogP contribution is 2.24. The third kappa shape index (κ3) is 5.18. The van der Waals surface area contributed by atoms with Gasteiger partial charge in [0, 0.05) is 24.0 Å². The largest absolute Gasteiger partial charge is 0.325 e. The van der Waals surface area contributed by atoms with Crippen molar-refractivity contribution in [3.05, 3.63) is 58.3 Å². The molecule has 0 aliphatic carbocycles. The first kappa shape index (κ1) is 21.0. The Hall–Kier alpha value is -1.77. The number of aryl methyl sites for hydroxylation is 1. The lowest BCUT2D eigenvalue weighted by Gasteiger charge is -2.25. The van der Waals surface area contributed by atoms with E-state index in [1.165, 1.54) is 18.2 Å². The van der Waals surface area contributed by atoms with Gasteiger partial charge < -0.3 is 5.32 Å². The van der Waals surface area contributed by atoms with Crippen molar-refractivity contribution in [2.45, 2.75) is 37.0 Å². The summed E-state index contributed by atoms with van der Waals surface area (Å²) < 4.78 is 40.4. The first-order valence-corrected chi connectivity index (χ1v) is 11.4. The van der Waals surface area contributed by atoms with E-state index < -0.39 is 10.0 Å². The minimum atomic E-state index is -3.44. The van der Waals surface area contributed by atoms with Gasteiger partial charge in [-0.25, -0.2) is 12.8 Å². The van der Waals surface area contributed by atoms with E-state index in [-0.39, 0.29) is 23.0 Å². The Balaban J connectivity index is 1.57. The first-order chi connectivity index (χ1) is 13.4. The average Bonchev–Trinajstić information content (AvgIpc) is 2.69. The van der Waals surface area contributed by atoms with Crippen LogP contribution in [-0.4, -0.2) is 31.7 Å². The SMILES string of the molecule is O=C(CCc1ccc(S(=O)(=O)N2CCCCC2)cc1)Nc1ccc(F)cc1Br. The van der Waals surface area contributed by atoms with Crippen molar-refractivity contribution in [3.63, 3.8) is 0 Å². The fourth-order valence-corrected chi connectivity index (χ4v) is 5.11. The van der Waals surface area contributed by atoms with Crippen LogP contribution in [0.3, 0.4) is 0 Å². The Kier molecular flexibility index (Phi) is 6.85. The summed E-state index contributed by atoms with van der Waals surface area (Å²) in [5, 5.41) is 2.73. The van der Waals surface area contributed by atoms with Gasteiger partial charge in [0.1, 0.15) is 5.82 Å². The molecule has 1 heterocycles. The Labute approximate surface area is 173 Å². The van der Waals surface area contributed by atoms with Crippen LogP contribution in [0.1, 0.15) is 31.2 Å². The molecular weight excluding hydrogens is 447 g/mol. The molecule has 0 aromatic heterocycles. The van der Waals surface area contributed by atoms with Crippen LogP contribution in [0.25, 0.3) is 0 Å². The van der Waals surface area contributed by atoms with Crippen molar-refractivity contribution >= 4 is 37.5 Å². The number of anilines is 1. The molecular formula is C20H22BrFN2O3S. The number of amides is 1. The minimum absolute atomic E-state index is 0.197. The number of hydrogen-bond acceptors (Lipinski definition) is 3. The zero-order valence-corrected chi connectivity index (χ0v) is 17.7. The van der Waals surface area contributed by atoms with Crippen molar-refractivity contribution in [3.8, 4) is 0 Å². The maximum atomic E-state index is 13.1. The molecule has 1 amide bonds. The summed E-state index contributed by atoms with van der Waals surface area (Å²) in [4.78, 5) is 12.4. The van der Waals surface area contributed by atoms with Crippen LogP contribution in [0.2, 0.25) is 0 Å². The van der Waals surface area contributed by atoms with E-state index in [1.807, 2.05) is 0 Å². The smallest absolute Gasteiger partial charge is 0.243 e. The topological polar surface area (TPSA) is 66.5 Å². The molecule has 8 heteroatoms. The predicted molar refractivity (Wildman–Crippen MR) is 110 cm³/mol. The first-order valence-electron chi connectivity index (χ1n) is 9.20. The molecule has 5 nitrogen and oxygen atoms in total. The van der Waals surface area contributed by atoms with Gasteiger partial charge in [-0.2, -0.15) is 4.31 Å². The number of sulfonamides is 1. The third-order valence-electron chi connectivity index (χ3n) is 4.72. The number of nitrogens with one attached hydrogen (secondary N) is 1. The zero-order valence-electron chi connectivity index (χ0n) is 15.3. The van der Waals surface area contributed by atoms with Crippen LogP contribution in [-0.2, 0) is 21.2 Å². The Morgan fingerprint density at radius 2 is 1.75 bits per heavy atom. The number of piperidine rings is 1. The van der Waals surface area contributed by atoms with Crippen LogP contribution in [0.15, 0.2) is 51.8 Å². The predicted octanol–water partition coefficient (Wildman–Crippen LogP) is 4.33. The highest BCUT2D eigenvalue weighted by molar-refractivity contribution is 9.10. The molecule has 1 aliphatic heterocycles. The number of carbonyl (C=O) groups is 1. The molecule has 0 saturated carbocycles. The van der Waals surface area contributed by atoms with E-state index in [4.69, 9.17) is 0 Å². The molecule has 150 valence electrons. The maximum Gasteiger partial charge on any atom is 0.243 e. The van der Waals surface area contributed by atoms with Gasteiger partial charge in [-0.15, -0.1) is 0 Å². The number of benzene rings is 2. The quantitative estimate of drug-likeness (QED) is 0.685. The van der Waals surface area contributed by atoms with Crippen molar-refractivity contribution in [1.29, 1.82) is 0 Å². The summed E-state index contributed by atoms with van der Waals surface area (Å²) in [6, 6.07) is 10.8. The van der Waals surface area contributed by atoms with Gasteiger partial charge in [0.2, 0.25) is 15.9 Å². The molecule has 0 unspecified atom stereocenters. The summed E-state index contributed by atoms with van der Waals surface area (Å²) >= 11 is 3.22. The number of rotatable bonds is 6. The lowest BCUT2D eigenvalue weighted by atomic mass is 10.1. The maximum absolute atomic E-state index is 13.1. The second-order valence-corrected chi connectivity index (χ2v) is 9.57. The van der Waals surface area contributed by atoms with Crippen LogP contribution in [0.4, 0.5) is 10.1 Å². The minimum Gasteiger partial charge on any atom is -0.325 e. The molecule has 0 atom stereocenters. The molecule has 2 aromatic rings. The molecule has 1 saturated heterocycles. The Morgan fingerprint density at radius 3 is 2.39 bits per heavy atom. The Bertz CT molecular complexity index is 942. The summed E-state index contributed by atoms with van der Waals surface area (Å²) in [6.45, 7) is 1.15. The third-order valence-corrected chi connectivity index (χ3v) is 7.29. The van der Waals surface area contributed by atoms with Gasteiger partial charge >= 0.3 is 0 Å². The summed E-state index contributed by atoms with van der Waals surface area (Å²) in [6.07, 6.45) is 3.59. The average molecular weight is 469 g/mol. The van der Waals surface area contributed by atoms with Crippen LogP contribution in [0.5, 0.6) is 0 Å². The van der Waals surface area contributed by atoms with Gasteiger partial charge in [0.05, 0.1) is 10.6 Å². The molecule has 1 fully saturated rings. The molecule has 2 aromatic carbocycles.